The highest BCUT2D eigenvalue weighted by atomic mass is 16.4. The quantitative estimate of drug-likeness (QED) is 0.909. The van der Waals surface area contributed by atoms with Gasteiger partial charge in [-0.15, -0.1) is 0 Å². The minimum atomic E-state index is -1.12. The first-order valence-electron chi connectivity index (χ1n) is 6.10. The molecule has 0 aliphatic heterocycles. The molecule has 0 amide bonds. The molecule has 1 saturated carbocycles. The van der Waals surface area contributed by atoms with E-state index in [-0.39, 0.29) is 17.2 Å². The molecular formula is C14H12N2O3. The van der Waals surface area contributed by atoms with Crippen molar-refractivity contribution < 1.29 is 9.90 Å². The molecule has 0 saturated heterocycles. The molecule has 1 N–H and O–H groups in total. The van der Waals surface area contributed by atoms with Crippen LogP contribution in [0.15, 0.2) is 41.2 Å². The van der Waals surface area contributed by atoms with E-state index in [4.69, 9.17) is 5.11 Å². The van der Waals surface area contributed by atoms with Crippen LogP contribution in [0, 0.1) is 0 Å². The first-order valence-corrected chi connectivity index (χ1v) is 6.10. The lowest BCUT2D eigenvalue weighted by Gasteiger charge is -2.08. The fraction of sp³-hybridized carbons (Fsp3) is 0.214. The van der Waals surface area contributed by atoms with Gasteiger partial charge in [-0.3, -0.25) is 4.79 Å². The summed E-state index contributed by atoms with van der Waals surface area (Å²) >= 11 is 0. The number of hydrogen-bond donors (Lipinski definition) is 1. The van der Waals surface area contributed by atoms with Crippen LogP contribution in [-0.4, -0.2) is 20.9 Å². The lowest BCUT2D eigenvalue weighted by molar-refractivity contribution is 0.0688. The summed E-state index contributed by atoms with van der Waals surface area (Å²) in [6.07, 6.45) is 1.88. The molecule has 96 valence electrons. The standard InChI is InChI=1S/C14H12N2O3/c17-13-11(9-6-7-9)8-12(14(18)19)15-16(13)10-4-2-1-3-5-10/h1-5,8-9H,6-7H2,(H,18,19). The summed E-state index contributed by atoms with van der Waals surface area (Å²) in [6.45, 7) is 0. The van der Waals surface area contributed by atoms with Crippen molar-refractivity contribution in [1.29, 1.82) is 0 Å². The Hall–Kier alpha value is -2.43. The molecular weight excluding hydrogens is 244 g/mol. The van der Waals surface area contributed by atoms with Crippen LogP contribution in [0.5, 0.6) is 0 Å². The van der Waals surface area contributed by atoms with E-state index in [1.165, 1.54) is 10.7 Å². The Morgan fingerprint density at radius 2 is 1.95 bits per heavy atom. The van der Waals surface area contributed by atoms with Crippen molar-refractivity contribution in [3.63, 3.8) is 0 Å². The molecule has 1 aromatic heterocycles. The SMILES string of the molecule is O=C(O)c1cc(C2CC2)c(=O)n(-c2ccccc2)n1. The number of aromatic carboxylic acids is 1. The lowest BCUT2D eigenvalue weighted by Crippen LogP contribution is -2.26. The van der Waals surface area contributed by atoms with Crippen LogP contribution in [0.25, 0.3) is 5.69 Å². The highest BCUT2D eigenvalue weighted by Gasteiger charge is 2.29. The van der Waals surface area contributed by atoms with Gasteiger partial charge in [0.15, 0.2) is 5.69 Å². The van der Waals surface area contributed by atoms with Crippen molar-refractivity contribution in [2.75, 3.05) is 0 Å². The van der Waals surface area contributed by atoms with Crippen LogP contribution in [0.2, 0.25) is 0 Å². The number of para-hydroxylation sites is 1. The average molecular weight is 256 g/mol. The van der Waals surface area contributed by atoms with Crippen LogP contribution in [0.1, 0.15) is 34.8 Å². The number of aromatic nitrogens is 2. The minimum absolute atomic E-state index is 0.0923. The molecule has 0 radical (unpaired) electrons. The van der Waals surface area contributed by atoms with E-state index in [9.17, 15) is 9.59 Å². The minimum Gasteiger partial charge on any atom is -0.476 e. The fourth-order valence-corrected chi connectivity index (χ4v) is 2.05. The summed E-state index contributed by atoms with van der Waals surface area (Å²) in [5.41, 5.74) is 0.817. The first kappa shape index (κ1) is 11.6. The molecule has 0 spiro atoms. The maximum Gasteiger partial charge on any atom is 0.356 e. The first-order chi connectivity index (χ1) is 9.16. The topological polar surface area (TPSA) is 72.2 Å². The summed E-state index contributed by atoms with van der Waals surface area (Å²) in [4.78, 5) is 23.4. The van der Waals surface area contributed by atoms with Crippen LogP contribution in [0.4, 0.5) is 0 Å². The zero-order chi connectivity index (χ0) is 13.4. The largest absolute Gasteiger partial charge is 0.476 e. The van der Waals surface area contributed by atoms with Crippen molar-refractivity contribution in [2.45, 2.75) is 18.8 Å². The number of nitrogens with zero attached hydrogens (tertiary/aromatic N) is 2. The molecule has 0 atom stereocenters. The Balaban J connectivity index is 2.23. The molecule has 3 rings (SSSR count). The zero-order valence-corrected chi connectivity index (χ0v) is 10.1. The number of carboxylic acids is 1. The average Bonchev–Trinajstić information content (AvgIpc) is 3.24. The predicted molar refractivity (Wildman–Crippen MR) is 68.8 cm³/mol. The summed E-state index contributed by atoms with van der Waals surface area (Å²) in [5.74, 6) is -0.935. The van der Waals surface area contributed by atoms with Gasteiger partial charge in [-0.2, -0.15) is 9.78 Å². The maximum absolute atomic E-state index is 12.3. The molecule has 5 nitrogen and oxygen atoms in total. The Bertz CT molecular complexity index is 688. The van der Waals surface area contributed by atoms with Crippen LogP contribution in [-0.2, 0) is 0 Å². The summed E-state index contributed by atoms with van der Waals surface area (Å²) in [5, 5.41) is 13.0. The molecule has 1 fully saturated rings. The third-order valence-corrected chi connectivity index (χ3v) is 3.18. The number of rotatable bonds is 3. The van der Waals surface area contributed by atoms with Gasteiger partial charge in [-0.1, -0.05) is 18.2 Å². The van der Waals surface area contributed by atoms with Gasteiger partial charge in [-0.05, 0) is 37.0 Å². The number of benzene rings is 1. The second-order valence-electron chi connectivity index (χ2n) is 4.62. The summed E-state index contributed by atoms with van der Waals surface area (Å²) in [6, 6.07) is 10.3. The van der Waals surface area contributed by atoms with E-state index in [0.29, 0.717) is 11.3 Å². The zero-order valence-electron chi connectivity index (χ0n) is 10.1. The van der Waals surface area contributed by atoms with Crippen LogP contribution < -0.4 is 5.56 Å². The van der Waals surface area contributed by atoms with Crippen molar-refractivity contribution >= 4 is 5.97 Å². The van der Waals surface area contributed by atoms with Gasteiger partial charge < -0.3 is 5.11 Å². The monoisotopic (exact) mass is 256 g/mol. The molecule has 5 heteroatoms. The molecule has 0 bridgehead atoms. The fourth-order valence-electron chi connectivity index (χ4n) is 2.05. The van der Waals surface area contributed by atoms with Gasteiger partial charge in [0.25, 0.3) is 5.56 Å². The molecule has 1 aliphatic rings. The number of carboxylic acid groups (broad SMARTS) is 1. The van der Waals surface area contributed by atoms with Crippen molar-refractivity contribution in [2.24, 2.45) is 0 Å². The lowest BCUT2D eigenvalue weighted by atomic mass is 10.1. The molecule has 1 heterocycles. The van der Waals surface area contributed by atoms with E-state index in [2.05, 4.69) is 5.10 Å². The van der Waals surface area contributed by atoms with Crippen LogP contribution >= 0.6 is 0 Å². The molecule has 1 aromatic carbocycles. The van der Waals surface area contributed by atoms with Crippen molar-refractivity contribution in [3.8, 4) is 5.69 Å². The van der Waals surface area contributed by atoms with Gasteiger partial charge in [0.2, 0.25) is 0 Å². The number of hydrogen-bond acceptors (Lipinski definition) is 3. The van der Waals surface area contributed by atoms with E-state index in [1.54, 1.807) is 24.3 Å². The van der Waals surface area contributed by atoms with E-state index < -0.39 is 5.97 Å². The third kappa shape index (κ3) is 2.14. The molecule has 1 aliphatic carbocycles. The van der Waals surface area contributed by atoms with Gasteiger partial charge in [0, 0.05) is 5.56 Å². The van der Waals surface area contributed by atoms with Gasteiger partial charge in [0.05, 0.1) is 5.69 Å². The Labute approximate surface area is 109 Å². The molecule has 0 unspecified atom stereocenters. The smallest absolute Gasteiger partial charge is 0.356 e. The predicted octanol–water partition coefficient (Wildman–Crippen LogP) is 1.81. The highest BCUT2D eigenvalue weighted by molar-refractivity contribution is 5.85. The van der Waals surface area contributed by atoms with Crippen molar-refractivity contribution in [1.82, 2.24) is 9.78 Å². The summed E-state index contributed by atoms with van der Waals surface area (Å²) in [7, 11) is 0. The molecule has 2 aromatic rings. The Morgan fingerprint density at radius 1 is 1.26 bits per heavy atom. The number of carbonyl (C=O) groups is 1. The van der Waals surface area contributed by atoms with Crippen LogP contribution in [0.3, 0.4) is 0 Å². The van der Waals surface area contributed by atoms with Crippen molar-refractivity contribution in [3.05, 3.63) is 58.0 Å². The second kappa shape index (κ2) is 4.35. The Kier molecular flexibility index (Phi) is 2.67. The van der Waals surface area contributed by atoms with Gasteiger partial charge in [0.1, 0.15) is 0 Å². The normalized spacial score (nSPS) is 14.3. The third-order valence-electron chi connectivity index (χ3n) is 3.18. The summed E-state index contributed by atoms with van der Waals surface area (Å²) < 4.78 is 1.18. The Morgan fingerprint density at radius 3 is 2.53 bits per heavy atom. The highest BCUT2D eigenvalue weighted by Crippen LogP contribution is 2.38. The maximum atomic E-state index is 12.3. The second-order valence-corrected chi connectivity index (χ2v) is 4.62. The van der Waals surface area contributed by atoms with Gasteiger partial charge >= 0.3 is 5.97 Å². The molecule has 19 heavy (non-hydrogen) atoms. The van der Waals surface area contributed by atoms with Gasteiger partial charge in [-0.25, -0.2) is 4.79 Å². The van der Waals surface area contributed by atoms with E-state index in [1.807, 2.05) is 6.07 Å². The van der Waals surface area contributed by atoms with E-state index in [0.717, 1.165) is 12.8 Å². The van der Waals surface area contributed by atoms with E-state index >= 15 is 0 Å².